The van der Waals surface area contributed by atoms with Crippen LogP contribution >= 0.6 is 15.9 Å². The van der Waals surface area contributed by atoms with E-state index in [9.17, 15) is 9.59 Å². The highest BCUT2D eigenvalue weighted by molar-refractivity contribution is 9.10. The maximum absolute atomic E-state index is 12.6. The number of ether oxygens (including phenoxy) is 4. The number of benzene rings is 3. The van der Waals surface area contributed by atoms with Gasteiger partial charge in [0.05, 0.1) is 19.3 Å². The zero-order valence-electron chi connectivity index (χ0n) is 18.4. The molecule has 1 heterocycles. The molecule has 0 fully saturated rings. The van der Waals surface area contributed by atoms with E-state index in [0.717, 1.165) is 4.47 Å². The summed E-state index contributed by atoms with van der Waals surface area (Å²) in [6.07, 6.45) is 1.59. The topological polar surface area (TPSA) is 83.4 Å². The van der Waals surface area contributed by atoms with Gasteiger partial charge in [0, 0.05) is 10.0 Å². The zero-order valence-corrected chi connectivity index (χ0v) is 20.0. The van der Waals surface area contributed by atoms with Crippen LogP contribution < -0.4 is 14.2 Å². The molecule has 0 bridgehead atoms. The minimum Gasteiger partial charge on any atom is -0.497 e. The van der Waals surface area contributed by atoms with Crippen LogP contribution in [0.1, 0.15) is 28.4 Å². The Morgan fingerprint density at radius 1 is 1.03 bits per heavy atom. The summed E-state index contributed by atoms with van der Waals surface area (Å²) >= 11 is 3.37. The van der Waals surface area contributed by atoms with E-state index in [1.165, 1.54) is 0 Å². The molecule has 0 saturated heterocycles. The van der Waals surface area contributed by atoms with Crippen molar-refractivity contribution in [3.05, 3.63) is 93.6 Å². The summed E-state index contributed by atoms with van der Waals surface area (Å²) in [5.41, 5.74) is 1.86. The molecule has 34 heavy (non-hydrogen) atoms. The molecule has 0 N–H and O–H groups in total. The van der Waals surface area contributed by atoms with Crippen molar-refractivity contribution in [2.24, 2.45) is 4.99 Å². The lowest BCUT2D eigenvalue weighted by atomic mass is 10.1. The third-order valence-corrected chi connectivity index (χ3v) is 5.34. The Hall–Kier alpha value is -3.91. The van der Waals surface area contributed by atoms with Gasteiger partial charge in [0.25, 0.3) is 0 Å². The standard InChI is InChI=1S/C26H20BrNO6/c1-3-32-23-15-16(4-13-22(23)33-25(29)18-7-11-20(31-2)12-8-18)14-21-26(30)34-24(28-21)17-5-9-19(27)10-6-17/h4-15H,3H2,1-2H3/b21-14+. The van der Waals surface area contributed by atoms with Gasteiger partial charge in [-0.15, -0.1) is 0 Å². The summed E-state index contributed by atoms with van der Waals surface area (Å²) in [6, 6.07) is 18.9. The molecule has 0 aromatic heterocycles. The monoisotopic (exact) mass is 521 g/mol. The second-order valence-corrected chi connectivity index (χ2v) is 8.02. The highest BCUT2D eigenvalue weighted by atomic mass is 79.9. The largest absolute Gasteiger partial charge is 0.497 e. The second-order valence-electron chi connectivity index (χ2n) is 7.10. The van der Waals surface area contributed by atoms with E-state index in [2.05, 4.69) is 20.9 Å². The molecule has 8 heteroatoms. The number of nitrogens with zero attached hydrogens (tertiary/aromatic N) is 1. The number of carbonyl (C=O) groups is 2. The van der Waals surface area contributed by atoms with Crippen molar-refractivity contribution in [3.8, 4) is 17.2 Å². The van der Waals surface area contributed by atoms with Gasteiger partial charge in [-0.1, -0.05) is 22.0 Å². The third kappa shape index (κ3) is 5.35. The Morgan fingerprint density at radius 2 is 1.76 bits per heavy atom. The van der Waals surface area contributed by atoms with Crippen molar-refractivity contribution in [2.45, 2.75) is 6.92 Å². The molecule has 0 amide bonds. The normalized spacial score (nSPS) is 13.9. The number of cyclic esters (lactones) is 1. The smallest absolute Gasteiger partial charge is 0.363 e. The third-order valence-electron chi connectivity index (χ3n) is 4.81. The van der Waals surface area contributed by atoms with Crippen molar-refractivity contribution in [3.63, 3.8) is 0 Å². The Kier molecular flexibility index (Phi) is 7.08. The molecule has 0 saturated carbocycles. The number of aliphatic imine (C=N–C) groups is 1. The molecule has 0 aliphatic carbocycles. The van der Waals surface area contributed by atoms with E-state index in [1.807, 2.05) is 19.1 Å². The summed E-state index contributed by atoms with van der Waals surface area (Å²) < 4.78 is 22.5. The van der Waals surface area contributed by atoms with Crippen LogP contribution in [0.5, 0.6) is 17.2 Å². The fourth-order valence-corrected chi connectivity index (χ4v) is 3.40. The first kappa shape index (κ1) is 23.3. The van der Waals surface area contributed by atoms with Crippen molar-refractivity contribution >= 4 is 39.8 Å². The van der Waals surface area contributed by atoms with Crippen LogP contribution in [0.3, 0.4) is 0 Å². The minimum absolute atomic E-state index is 0.156. The van der Waals surface area contributed by atoms with Gasteiger partial charge in [-0.05, 0) is 79.2 Å². The van der Waals surface area contributed by atoms with Crippen molar-refractivity contribution in [1.29, 1.82) is 0 Å². The first-order valence-corrected chi connectivity index (χ1v) is 11.2. The van der Waals surface area contributed by atoms with Crippen molar-refractivity contribution in [2.75, 3.05) is 13.7 Å². The maximum atomic E-state index is 12.6. The molecule has 1 aliphatic heterocycles. The number of halogens is 1. The van der Waals surface area contributed by atoms with E-state index < -0.39 is 11.9 Å². The number of rotatable bonds is 7. The number of hydrogen-bond donors (Lipinski definition) is 0. The van der Waals surface area contributed by atoms with E-state index in [4.69, 9.17) is 18.9 Å². The highest BCUT2D eigenvalue weighted by Gasteiger charge is 2.24. The molecule has 0 unspecified atom stereocenters. The average Bonchev–Trinajstić information content (AvgIpc) is 3.21. The Morgan fingerprint density at radius 3 is 2.44 bits per heavy atom. The van der Waals surface area contributed by atoms with Gasteiger partial charge in [0.2, 0.25) is 5.90 Å². The van der Waals surface area contributed by atoms with Crippen molar-refractivity contribution in [1.82, 2.24) is 0 Å². The Balaban J connectivity index is 1.57. The van der Waals surface area contributed by atoms with Gasteiger partial charge in [0.1, 0.15) is 5.75 Å². The number of hydrogen-bond acceptors (Lipinski definition) is 7. The molecule has 7 nitrogen and oxygen atoms in total. The van der Waals surface area contributed by atoms with E-state index in [1.54, 1.807) is 67.8 Å². The summed E-state index contributed by atoms with van der Waals surface area (Å²) in [4.78, 5) is 29.2. The molecule has 3 aromatic carbocycles. The summed E-state index contributed by atoms with van der Waals surface area (Å²) in [5, 5.41) is 0. The lowest BCUT2D eigenvalue weighted by Gasteiger charge is -2.11. The lowest BCUT2D eigenvalue weighted by Crippen LogP contribution is -2.09. The molecule has 172 valence electrons. The number of carbonyl (C=O) groups excluding carboxylic acids is 2. The predicted octanol–water partition coefficient (Wildman–Crippen LogP) is 5.42. The molecule has 0 radical (unpaired) electrons. The number of methoxy groups -OCH3 is 1. The van der Waals surface area contributed by atoms with Crippen LogP contribution in [0.4, 0.5) is 0 Å². The molecular formula is C26H20BrNO6. The van der Waals surface area contributed by atoms with Crippen molar-refractivity contribution < 1.29 is 28.5 Å². The van der Waals surface area contributed by atoms with Crippen LogP contribution in [-0.2, 0) is 9.53 Å². The molecular weight excluding hydrogens is 502 g/mol. The zero-order chi connectivity index (χ0) is 24.1. The maximum Gasteiger partial charge on any atom is 0.363 e. The summed E-state index contributed by atoms with van der Waals surface area (Å²) in [6.45, 7) is 2.18. The number of esters is 2. The van der Waals surface area contributed by atoms with Gasteiger partial charge in [-0.2, -0.15) is 0 Å². The Labute approximate surface area is 204 Å². The highest BCUT2D eigenvalue weighted by Crippen LogP contribution is 2.31. The molecule has 1 aliphatic rings. The second kappa shape index (κ2) is 10.4. The van der Waals surface area contributed by atoms with E-state index >= 15 is 0 Å². The first-order valence-electron chi connectivity index (χ1n) is 10.4. The van der Waals surface area contributed by atoms with Gasteiger partial charge in [0.15, 0.2) is 17.2 Å². The predicted molar refractivity (Wildman–Crippen MR) is 130 cm³/mol. The fourth-order valence-electron chi connectivity index (χ4n) is 3.14. The summed E-state index contributed by atoms with van der Waals surface area (Å²) in [7, 11) is 1.55. The molecule has 4 rings (SSSR count). The SMILES string of the molecule is CCOc1cc(/C=C2/N=C(c3ccc(Br)cc3)OC2=O)ccc1OC(=O)c1ccc(OC)cc1. The van der Waals surface area contributed by atoms with Crippen LogP contribution in [-0.4, -0.2) is 31.6 Å². The van der Waals surface area contributed by atoms with Crippen LogP contribution in [0.25, 0.3) is 6.08 Å². The van der Waals surface area contributed by atoms with Gasteiger partial charge < -0.3 is 18.9 Å². The fraction of sp³-hybridized carbons (Fsp3) is 0.115. The van der Waals surface area contributed by atoms with E-state index in [-0.39, 0.29) is 17.3 Å². The Bertz CT molecular complexity index is 1280. The van der Waals surface area contributed by atoms with E-state index in [0.29, 0.717) is 34.8 Å². The summed E-state index contributed by atoms with van der Waals surface area (Å²) in [5.74, 6) is 0.419. The lowest BCUT2D eigenvalue weighted by molar-refractivity contribution is -0.129. The first-order chi connectivity index (χ1) is 16.5. The molecule has 3 aromatic rings. The minimum atomic E-state index is -0.550. The van der Waals surface area contributed by atoms with Gasteiger partial charge in [-0.3, -0.25) is 0 Å². The van der Waals surface area contributed by atoms with Crippen LogP contribution in [0.15, 0.2) is 81.9 Å². The quantitative estimate of drug-likeness (QED) is 0.234. The van der Waals surface area contributed by atoms with Gasteiger partial charge in [-0.25, -0.2) is 14.6 Å². The molecule has 0 spiro atoms. The van der Waals surface area contributed by atoms with Crippen LogP contribution in [0.2, 0.25) is 0 Å². The van der Waals surface area contributed by atoms with Gasteiger partial charge >= 0.3 is 11.9 Å². The van der Waals surface area contributed by atoms with Crippen LogP contribution in [0, 0.1) is 0 Å². The average molecular weight is 522 g/mol. The molecule has 0 atom stereocenters.